The maximum atomic E-state index is 10.9. The molecule has 122 valence electrons. The van der Waals surface area contributed by atoms with E-state index in [1.54, 1.807) is 0 Å². The van der Waals surface area contributed by atoms with E-state index in [4.69, 9.17) is 0 Å². The van der Waals surface area contributed by atoms with Gasteiger partial charge in [-0.15, -0.1) is 0 Å². The minimum absolute atomic E-state index is 0.180. The van der Waals surface area contributed by atoms with Gasteiger partial charge in [0, 0.05) is 11.0 Å². The molecule has 0 bridgehead atoms. The Hall–Kier alpha value is -1.94. The van der Waals surface area contributed by atoms with Gasteiger partial charge in [0.05, 0.1) is 12.1 Å². The molecule has 0 unspecified atom stereocenters. The highest BCUT2D eigenvalue weighted by atomic mass is 79.9. The molecular weight excluding hydrogens is 362 g/mol. The molecule has 2 nitrogen and oxygen atoms in total. The van der Waals surface area contributed by atoms with Crippen LogP contribution >= 0.6 is 15.9 Å². The molecule has 0 amide bonds. The summed E-state index contributed by atoms with van der Waals surface area (Å²) in [6.07, 6.45) is -0.615. The lowest BCUT2D eigenvalue weighted by Crippen LogP contribution is -2.27. The number of benzene rings is 3. The van der Waals surface area contributed by atoms with Gasteiger partial charge in [0.2, 0.25) is 0 Å². The Labute approximate surface area is 151 Å². The van der Waals surface area contributed by atoms with Crippen molar-refractivity contribution in [2.24, 2.45) is 0 Å². The van der Waals surface area contributed by atoms with E-state index in [0.717, 1.165) is 15.6 Å². The van der Waals surface area contributed by atoms with Crippen LogP contribution in [-0.2, 0) is 6.54 Å². The number of aliphatic hydroxyl groups is 1. The highest BCUT2D eigenvalue weighted by Gasteiger charge is 2.22. The first-order valence-corrected chi connectivity index (χ1v) is 8.80. The second-order valence-corrected chi connectivity index (χ2v) is 6.57. The van der Waals surface area contributed by atoms with Crippen LogP contribution in [0.15, 0.2) is 89.4 Å². The van der Waals surface area contributed by atoms with Crippen LogP contribution in [0.3, 0.4) is 0 Å². The third-order valence-corrected chi connectivity index (χ3v) is 4.86. The molecule has 3 heteroatoms. The minimum Gasteiger partial charge on any atom is -0.386 e. The molecule has 24 heavy (non-hydrogen) atoms. The molecule has 3 aromatic rings. The van der Waals surface area contributed by atoms with Gasteiger partial charge in [0.25, 0.3) is 0 Å². The lowest BCUT2D eigenvalue weighted by atomic mass is 9.95. The summed E-state index contributed by atoms with van der Waals surface area (Å²) in [5.74, 6) is 0. The largest absolute Gasteiger partial charge is 0.386 e. The van der Waals surface area contributed by atoms with Crippen molar-refractivity contribution in [2.45, 2.75) is 18.7 Å². The summed E-state index contributed by atoms with van der Waals surface area (Å²) < 4.78 is 1.07. The standard InChI is InChI=1S/C21H20BrNO/c22-19-14-8-7-13-18(19)15-23-20(16-9-3-1-4-10-16)21(24)17-11-5-2-6-12-17/h1-14,20-21,23-24H,15H2/t20-,21+/m0/s1. The molecule has 0 fully saturated rings. The van der Waals surface area contributed by atoms with Crippen molar-refractivity contribution in [1.82, 2.24) is 5.32 Å². The van der Waals surface area contributed by atoms with Gasteiger partial charge in [-0.25, -0.2) is 0 Å². The third-order valence-electron chi connectivity index (χ3n) is 4.09. The first-order chi connectivity index (χ1) is 11.8. The topological polar surface area (TPSA) is 32.3 Å². The van der Waals surface area contributed by atoms with Gasteiger partial charge in [-0.1, -0.05) is 94.8 Å². The monoisotopic (exact) mass is 381 g/mol. The zero-order valence-corrected chi connectivity index (χ0v) is 14.9. The molecule has 2 N–H and O–H groups in total. The molecule has 0 heterocycles. The molecular formula is C21H20BrNO. The van der Waals surface area contributed by atoms with Crippen LogP contribution in [0.5, 0.6) is 0 Å². The fourth-order valence-electron chi connectivity index (χ4n) is 2.78. The van der Waals surface area contributed by atoms with Crippen molar-refractivity contribution in [1.29, 1.82) is 0 Å². The van der Waals surface area contributed by atoms with Crippen LogP contribution in [0.25, 0.3) is 0 Å². The summed E-state index contributed by atoms with van der Waals surface area (Å²) in [6, 6.07) is 27.8. The van der Waals surface area contributed by atoms with E-state index >= 15 is 0 Å². The van der Waals surface area contributed by atoms with Crippen molar-refractivity contribution in [3.05, 3.63) is 106 Å². The van der Waals surface area contributed by atoms with E-state index in [9.17, 15) is 5.11 Å². The molecule has 0 radical (unpaired) electrons. The van der Waals surface area contributed by atoms with Crippen LogP contribution in [0.2, 0.25) is 0 Å². The summed E-state index contributed by atoms with van der Waals surface area (Å²) in [5.41, 5.74) is 3.14. The van der Waals surface area contributed by atoms with Crippen molar-refractivity contribution in [3.63, 3.8) is 0 Å². The van der Waals surface area contributed by atoms with E-state index in [0.29, 0.717) is 6.54 Å². The number of nitrogens with one attached hydrogen (secondary N) is 1. The first kappa shape index (κ1) is 16.9. The highest BCUT2D eigenvalue weighted by Crippen LogP contribution is 2.29. The molecule has 0 spiro atoms. The number of rotatable bonds is 6. The van der Waals surface area contributed by atoms with Crippen LogP contribution in [0, 0.1) is 0 Å². The van der Waals surface area contributed by atoms with Crippen LogP contribution in [0.1, 0.15) is 28.8 Å². The lowest BCUT2D eigenvalue weighted by molar-refractivity contribution is 0.127. The Morgan fingerprint density at radius 3 is 1.92 bits per heavy atom. The molecule has 0 saturated heterocycles. The SMILES string of the molecule is O[C@H](c1ccccc1)[C@@H](NCc1ccccc1Br)c1ccccc1. The molecule has 2 atom stereocenters. The molecule has 3 rings (SSSR count). The fraction of sp³-hybridized carbons (Fsp3) is 0.143. The molecule has 0 aliphatic rings. The van der Waals surface area contributed by atoms with Gasteiger partial charge in [0.1, 0.15) is 0 Å². The second kappa shape index (κ2) is 8.25. The predicted octanol–water partition coefficient (Wildman–Crippen LogP) is 5.01. The van der Waals surface area contributed by atoms with E-state index in [2.05, 4.69) is 27.3 Å². The van der Waals surface area contributed by atoms with Gasteiger partial charge in [0.15, 0.2) is 0 Å². The first-order valence-electron chi connectivity index (χ1n) is 8.00. The van der Waals surface area contributed by atoms with E-state index in [1.165, 1.54) is 5.56 Å². The van der Waals surface area contributed by atoms with Gasteiger partial charge < -0.3 is 10.4 Å². The Morgan fingerprint density at radius 1 is 0.750 bits per heavy atom. The summed E-state index contributed by atoms with van der Waals surface area (Å²) in [6.45, 7) is 0.672. The van der Waals surface area contributed by atoms with Crippen molar-refractivity contribution < 1.29 is 5.11 Å². The van der Waals surface area contributed by atoms with Crippen molar-refractivity contribution in [3.8, 4) is 0 Å². The van der Waals surface area contributed by atoms with Crippen molar-refractivity contribution in [2.75, 3.05) is 0 Å². The quantitative estimate of drug-likeness (QED) is 0.628. The van der Waals surface area contributed by atoms with E-state index < -0.39 is 6.10 Å². The van der Waals surface area contributed by atoms with Crippen LogP contribution in [-0.4, -0.2) is 5.11 Å². The predicted molar refractivity (Wildman–Crippen MR) is 102 cm³/mol. The van der Waals surface area contributed by atoms with E-state index in [1.807, 2.05) is 78.9 Å². The van der Waals surface area contributed by atoms with Gasteiger partial charge in [-0.05, 0) is 22.8 Å². The third kappa shape index (κ3) is 4.12. The van der Waals surface area contributed by atoms with Gasteiger partial charge in [-0.3, -0.25) is 0 Å². The lowest BCUT2D eigenvalue weighted by Gasteiger charge is -2.25. The zero-order chi connectivity index (χ0) is 16.8. The molecule has 0 saturated carbocycles. The fourth-order valence-corrected chi connectivity index (χ4v) is 3.20. The normalized spacial score (nSPS) is 13.4. The summed E-state index contributed by atoms with van der Waals surface area (Å²) >= 11 is 3.58. The Morgan fingerprint density at radius 2 is 1.29 bits per heavy atom. The smallest absolute Gasteiger partial charge is 0.0984 e. The second-order valence-electron chi connectivity index (χ2n) is 5.72. The average Bonchev–Trinajstić information content (AvgIpc) is 2.65. The summed E-state index contributed by atoms with van der Waals surface area (Å²) in [7, 11) is 0. The van der Waals surface area contributed by atoms with Crippen LogP contribution < -0.4 is 5.32 Å². The summed E-state index contributed by atoms with van der Waals surface area (Å²) in [5, 5.41) is 14.4. The zero-order valence-electron chi connectivity index (χ0n) is 13.3. The van der Waals surface area contributed by atoms with Gasteiger partial charge in [-0.2, -0.15) is 0 Å². The highest BCUT2D eigenvalue weighted by molar-refractivity contribution is 9.10. The molecule has 3 aromatic carbocycles. The Balaban J connectivity index is 1.84. The maximum Gasteiger partial charge on any atom is 0.0984 e. The van der Waals surface area contributed by atoms with Gasteiger partial charge >= 0.3 is 0 Å². The average molecular weight is 382 g/mol. The van der Waals surface area contributed by atoms with E-state index in [-0.39, 0.29) is 6.04 Å². The minimum atomic E-state index is -0.615. The number of hydrogen-bond acceptors (Lipinski definition) is 2. The Kier molecular flexibility index (Phi) is 5.81. The number of aliphatic hydroxyl groups excluding tert-OH is 1. The summed E-state index contributed by atoms with van der Waals surface area (Å²) in [4.78, 5) is 0. The Bertz CT molecular complexity index is 761. The number of hydrogen-bond donors (Lipinski definition) is 2. The molecule has 0 aliphatic heterocycles. The maximum absolute atomic E-state index is 10.9. The van der Waals surface area contributed by atoms with Crippen molar-refractivity contribution >= 4 is 15.9 Å². The number of halogens is 1. The molecule has 0 aromatic heterocycles. The van der Waals surface area contributed by atoms with Crippen LogP contribution in [0.4, 0.5) is 0 Å². The molecule has 0 aliphatic carbocycles.